The molecule has 0 unspecified atom stereocenters. The molecule has 0 bridgehead atoms. The van der Waals surface area contributed by atoms with Gasteiger partial charge in [-0.25, -0.2) is 9.50 Å². The number of carbonyl (C=O) groups is 1. The van der Waals surface area contributed by atoms with Gasteiger partial charge in [-0.3, -0.25) is 4.79 Å². The Labute approximate surface area is 142 Å². The number of hydrogen-bond acceptors (Lipinski definition) is 3. The number of primary amides is 1. The molecule has 0 fully saturated rings. The number of alkyl halides is 3. The highest BCUT2D eigenvalue weighted by atomic mass is 35.5. The zero-order valence-electron chi connectivity index (χ0n) is 11.6. The van der Waals surface area contributed by atoms with Gasteiger partial charge in [0, 0.05) is 11.6 Å². The van der Waals surface area contributed by atoms with Crippen LogP contribution >= 0.6 is 23.2 Å². The topological polar surface area (TPSA) is 73.3 Å². The van der Waals surface area contributed by atoms with Crippen LogP contribution in [0.3, 0.4) is 0 Å². The number of benzene rings is 1. The normalized spacial score (nSPS) is 11.9. The van der Waals surface area contributed by atoms with Crippen molar-refractivity contribution in [2.24, 2.45) is 5.73 Å². The molecule has 2 aromatic heterocycles. The minimum atomic E-state index is -4.72. The molecule has 0 saturated carbocycles. The van der Waals surface area contributed by atoms with Crippen LogP contribution in [0.5, 0.6) is 0 Å². The number of nitrogens with two attached hydrogens (primary N) is 1. The molecule has 24 heavy (non-hydrogen) atoms. The van der Waals surface area contributed by atoms with Gasteiger partial charge in [0.1, 0.15) is 0 Å². The van der Waals surface area contributed by atoms with E-state index in [9.17, 15) is 18.0 Å². The van der Waals surface area contributed by atoms with E-state index in [4.69, 9.17) is 28.9 Å². The fraction of sp³-hybridized carbons (Fsp3) is 0.0714. The van der Waals surface area contributed by atoms with E-state index in [1.54, 1.807) is 0 Å². The average Bonchev–Trinajstić information content (AvgIpc) is 2.92. The van der Waals surface area contributed by atoms with Crippen LogP contribution in [0.2, 0.25) is 10.0 Å². The highest BCUT2D eigenvalue weighted by molar-refractivity contribution is 6.42. The second kappa shape index (κ2) is 5.64. The van der Waals surface area contributed by atoms with Gasteiger partial charge in [0.2, 0.25) is 0 Å². The van der Waals surface area contributed by atoms with Gasteiger partial charge in [-0.15, -0.1) is 0 Å². The molecule has 10 heteroatoms. The molecule has 0 atom stereocenters. The lowest BCUT2D eigenvalue weighted by atomic mass is 10.1. The Hall–Kier alpha value is -2.32. The lowest BCUT2D eigenvalue weighted by Crippen LogP contribution is -2.15. The minimum Gasteiger partial charge on any atom is -0.364 e. The summed E-state index contributed by atoms with van der Waals surface area (Å²) in [4.78, 5) is 15.3. The maximum Gasteiger partial charge on any atom is 0.433 e. The first-order valence-electron chi connectivity index (χ1n) is 6.40. The van der Waals surface area contributed by atoms with E-state index >= 15 is 0 Å². The van der Waals surface area contributed by atoms with Crippen molar-refractivity contribution in [1.29, 1.82) is 0 Å². The minimum absolute atomic E-state index is 0.00399. The van der Waals surface area contributed by atoms with Gasteiger partial charge in [0.15, 0.2) is 17.0 Å². The highest BCUT2D eigenvalue weighted by Crippen LogP contribution is 2.33. The standard InChI is InChI=1S/C14H7Cl2F3N4O/c15-7-2-1-6(3-8(7)16)9-4-11(14(17,18)19)23-12(21-9)5-10(22-23)13(20)24/h1-5H,(H2,20,24). The molecule has 5 nitrogen and oxygen atoms in total. The monoisotopic (exact) mass is 374 g/mol. The number of rotatable bonds is 2. The van der Waals surface area contributed by atoms with Crippen LogP contribution in [0.25, 0.3) is 16.9 Å². The molecular weight excluding hydrogens is 368 g/mol. The van der Waals surface area contributed by atoms with Crippen molar-refractivity contribution in [3.63, 3.8) is 0 Å². The molecule has 0 aliphatic heterocycles. The maximum atomic E-state index is 13.3. The quantitative estimate of drug-likeness (QED) is 0.740. The zero-order valence-corrected chi connectivity index (χ0v) is 13.1. The van der Waals surface area contributed by atoms with E-state index in [-0.39, 0.29) is 27.1 Å². The van der Waals surface area contributed by atoms with Crippen molar-refractivity contribution in [2.75, 3.05) is 0 Å². The Bertz CT molecular complexity index is 969. The summed E-state index contributed by atoms with van der Waals surface area (Å²) in [5.74, 6) is -0.954. The smallest absolute Gasteiger partial charge is 0.364 e. The lowest BCUT2D eigenvalue weighted by Gasteiger charge is -2.11. The van der Waals surface area contributed by atoms with Gasteiger partial charge >= 0.3 is 6.18 Å². The summed E-state index contributed by atoms with van der Waals surface area (Å²) in [5.41, 5.74) is 3.82. The SMILES string of the molecule is NC(=O)c1cc2nc(-c3ccc(Cl)c(Cl)c3)cc(C(F)(F)F)n2n1. The van der Waals surface area contributed by atoms with Gasteiger partial charge in [0.25, 0.3) is 5.91 Å². The van der Waals surface area contributed by atoms with Crippen LogP contribution in [0.15, 0.2) is 30.3 Å². The van der Waals surface area contributed by atoms with E-state index in [0.717, 1.165) is 12.1 Å². The van der Waals surface area contributed by atoms with Gasteiger partial charge in [0.05, 0.1) is 15.7 Å². The first-order valence-corrected chi connectivity index (χ1v) is 7.15. The molecule has 1 aromatic carbocycles. The summed E-state index contributed by atoms with van der Waals surface area (Å²) >= 11 is 11.7. The van der Waals surface area contributed by atoms with Crippen LogP contribution in [-0.4, -0.2) is 20.5 Å². The summed E-state index contributed by atoms with van der Waals surface area (Å²) in [6.45, 7) is 0. The average molecular weight is 375 g/mol. The predicted molar refractivity (Wildman–Crippen MR) is 82.0 cm³/mol. The van der Waals surface area contributed by atoms with Gasteiger partial charge in [-0.2, -0.15) is 18.3 Å². The third-order valence-electron chi connectivity index (χ3n) is 3.19. The molecule has 0 aliphatic rings. The molecule has 2 N–H and O–H groups in total. The first-order chi connectivity index (χ1) is 11.2. The number of hydrogen-bond donors (Lipinski definition) is 1. The number of carbonyl (C=O) groups excluding carboxylic acids is 1. The van der Waals surface area contributed by atoms with Crippen molar-refractivity contribution in [3.8, 4) is 11.3 Å². The van der Waals surface area contributed by atoms with Crippen LogP contribution in [0.4, 0.5) is 13.2 Å². The Morgan fingerprint density at radius 3 is 2.42 bits per heavy atom. The van der Waals surface area contributed by atoms with Crippen molar-refractivity contribution >= 4 is 34.8 Å². The summed E-state index contributed by atoms with van der Waals surface area (Å²) < 4.78 is 40.5. The van der Waals surface area contributed by atoms with E-state index in [1.165, 1.54) is 18.2 Å². The van der Waals surface area contributed by atoms with Crippen molar-refractivity contribution < 1.29 is 18.0 Å². The summed E-state index contributed by atoms with van der Waals surface area (Å²) in [7, 11) is 0. The predicted octanol–water partition coefficient (Wildman–Crippen LogP) is 3.82. The third kappa shape index (κ3) is 2.90. The number of aromatic nitrogens is 3. The van der Waals surface area contributed by atoms with Crippen LogP contribution < -0.4 is 5.73 Å². The lowest BCUT2D eigenvalue weighted by molar-refractivity contribution is -0.142. The third-order valence-corrected chi connectivity index (χ3v) is 3.92. The molecule has 3 aromatic rings. The molecule has 0 aliphatic carbocycles. The second-order valence-electron chi connectivity index (χ2n) is 4.82. The largest absolute Gasteiger partial charge is 0.433 e. The molecule has 124 valence electrons. The molecule has 0 saturated heterocycles. The fourth-order valence-electron chi connectivity index (χ4n) is 2.10. The highest BCUT2D eigenvalue weighted by Gasteiger charge is 2.35. The number of nitrogens with zero attached hydrogens (tertiary/aromatic N) is 3. The van der Waals surface area contributed by atoms with Crippen molar-refractivity contribution in [1.82, 2.24) is 14.6 Å². The number of halogens is 5. The van der Waals surface area contributed by atoms with E-state index in [0.29, 0.717) is 10.1 Å². The molecule has 3 rings (SSSR count). The molecule has 1 amide bonds. The van der Waals surface area contributed by atoms with Crippen LogP contribution in [0, 0.1) is 0 Å². The van der Waals surface area contributed by atoms with E-state index in [1.807, 2.05) is 0 Å². The van der Waals surface area contributed by atoms with Crippen molar-refractivity contribution in [3.05, 3.63) is 51.8 Å². The molecule has 0 radical (unpaired) electrons. The first kappa shape index (κ1) is 16.5. The van der Waals surface area contributed by atoms with Gasteiger partial charge in [-0.05, 0) is 18.2 Å². The maximum absolute atomic E-state index is 13.3. The Morgan fingerprint density at radius 2 is 1.83 bits per heavy atom. The Balaban J connectivity index is 2.29. The number of fused-ring (bicyclic) bond motifs is 1. The molecular formula is C14H7Cl2F3N4O. The Morgan fingerprint density at radius 1 is 1.12 bits per heavy atom. The van der Waals surface area contributed by atoms with Gasteiger partial charge in [-0.1, -0.05) is 29.3 Å². The molecule has 0 spiro atoms. The summed E-state index contributed by atoms with van der Waals surface area (Å²) in [6, 6.07) is 6.22. The van der Waals surface area contributed by atoms with Gasteiger partial charge < -0.3 is 5.73 Å². The zero-order chi connectivity index (χ0) is 17.6. The number of amides is 1. The van der Waals surface area contributed by atoms with Crippen LogP contribution in [-0.2, 0) is 6.18 Å². The summed E-state index contributed by atoms with van der Waals surface area (Å²) in [6.07, 6.45) is -4.72. The van der Waals surface area contributed by atoms with Crippen LogP contribution in [0.1, 0.15) is 16.2 Å². The van der Waals surface area contributed by atoms with Crippen molar-refractivity contribution in [2.45, 2.75) is 6.18 Å². The van der Waals surface area contributed by atoms with E-state index in [2.05, 4.69) is 10.1 Å². The second-order valence-corrected chi connectivity index (χ2v) is 5.63. The van der Waals surface area contributed by atoms with E-state index < -0.39 is 17.8 Å². The molecule has 2 heterocycles. The summed E-state index contributed by atoms with van der Waals surface area (Å²) in [5, 5.41) is 4.00. The fourth-order valence-corrected chi connectivity index (χ4v) is 2.40. The Kier molecular flexibility index (Phi) is 3.89.